The van der Waals surface area contributed by atoms with E-state index >= 15 is 0 Å². The van der Waals surface area contributed by atoms with Crippen molar-refractivity contribution in [3.8, 4) is 0 Å². The quantitative estimate of drug-likeness (QED) is 0.909. The summed E-state index contributed by atoms with van der Waals surface area (Å²) in [7, 11) is 0. The van der Waals surface area contributed by atoms with Gasteiger partial charge in [-0.2, -0.15) is 0 Å². The van der Waals surface area contributed by atoms with Crippen molar-refractivity contribution in [1.29, 1.82) is 0 Å². The maximum absolute atomic E-state index is 11.6. The van der Waals surface area contributed by atoms with Gasteiger partial charge >= 0.3 is 11.9 Å². The lowest BCUT2D eigenvalue weighted by Gasteiger charge is -2.48. The summed E-state index contributed by atoms with van der Waals surface area (Å²) in [5, 5.41) is 19.0. The second-order valence-electron chi connectivity index (χ2n) is 5.60. The zero-order valence-corrected chi connectivity index (χ0v) is 11.8. The number of benzene rings is 2. The van der Waals surface area contributed by atoms with Crippen molar-refractivity contribution in [2.45, 2.75) is 11.8 Å². The molecule has 1 aliphatic rings. The van der Waals surface area contributed by atoms with Crippen LogP contribution in [-0.2, 0) is 9.59 Å². The maximum Gasteiger partial charge on any atom is 0.308 e. The number of carbonyl (C=O) groups is 2. The Labute approximate surface area is 128 Å². The second-order valence-corrected chi connectivity index (χ2v) is 5.60. The van der Waals surface area contributed by atoms with Gasteiger partial charge in [-0.15, -0.1) is 0 Å². The van der Waals surface area contributed by atoms with E-state index in [0.29, 0.717) is 0 Å². The third-order valence-electron chi connectivity index (χ3n) is 4.49. The van der Waals surface area contributed by atoms with E-state index in [0.717, 1.165) is 11.1 Å². The highest BCUT2D eigenvalue weighted by Crippen LogP contribution is 2.57. The van der Waals surface area contributed by atoms with Crippen LogP contribution in [0.15, 0.2) is 60.7 Å². The van der Waals surface area contributed by atoms with Crippen molar-refractivity contribution in [3.05, 3.63) is 71.8 Å². The van der Waals surface area contributed by atoms with Gasteiger partial charge in [0.2, 0.25) is 0 Å². The molecule has 0 bridgehead atoms. The van der Waals surface area contributed by atoms with E-state index in [-0.39, 0.29) is 11.8 Å². The van der Waals surface area contributed by atoms with Gasteiger partial charge in [0.25, 0.3) is 0 Å². The Morgan fingerprint density at radius 3 is 1.23 bits per heavy atom. The van der Waals surface area contributed by atoms with Crippen LogP contribution in [0.2, 0.25) is 0 Å². The fourth-order valence-electron chi connectivity index (χ4n) is 3.54. The van der Waals surface area contributed by atoms with Crippen LogP contribution in [0.5, 0.6) is 0 Å². The molecule has 2 aromatic carbocycles. The molecule has 0 heterocycles. The molecule has 2 aromatic rings. The van der Waals surface area contributed by atoms with E-state index in [1.165, 1.54) is 0 Å². The minimum Gasteiger partial charge on any atom is -0.481 e. The molecule has 3 rings (SSSR count). The fourth-order valence-corrected chi connectivity index (χ4v) is 3.54. The third kappa shape index (κ3) is 2.26. The second kappa shape index (κ2) is 5.64. The van der Waals surface area contributed by atoms with Crippen molar-refractivity contribution in [2.24, 2.45) is 11.8 Å². The Kier molecular flexibility index (Phi) is 3.67. The largest absolute Gasteiger partial charge is 0.481 e. The predicted molar refractivity (Wildman–Crippen MR) is 80.6 cm³/mol. The van der Waals surface area contributed by atoms with Gasteiger partial charge in [-0.3, -0.25) is 9.59 Å². The Bertz CT molecular complexity index is 619. The lowest BCUT2D eigenvalue weighted by atomic mass is 9.52. The molecule has 112 valence electrons. The molecule has 1 aliphatic carbocycles. The van der Waals surface area contributed by atoms with Gasteiger partial charge in [-0.25, -0.2) is 0 Å². The van der Waals surface area contributed by atoms with Crippen molar-refractivity contribution in [2.75, 3.05) is 0 Å². The Balaban J connectivity index is 2.07. The van der Waals surface area contributed by atoms with Crippen LogP contribution < -0.4 is 0 Å². The minimum absolute atomic E-state index is 0.317. The lowest BCUT2D eigenvalue weighted by Crippen LogP contribution is -2.51. The van der Waals surface area contributed by atoms with Crippen molar-refractivity contribution >= 4 is 11.9 Å². The standard InChI is InChI=1S/C18H16O4/c19-17(20)15-13(11-7-3-1-4-8-11)14(16(15)18(21)22)12-9-5-2-6-10-12/h1-10,13-16H,(H,19,20)(H,21,22)/t13-,14+,15-,16-/m1/s1. The van der Waals surface area contributed by atoms with Crippen molar-refractivity contribution in [1.82, 2.24) is 0 Å². The summed E-state index contributed by atoms with van der Waals surface area (Å²) in [4.78, 5) is 23.2. The molecule has 1 fully saturated rings. The minimum atomic E-state index is -1.05. The molecular formula is C18H16O4. The Hall–Kier alpha value is -2.62. The van der Waals surface area contributed by atoms with Crippen molar-refractivity contribution < 1.29 is 19.8 Å². The molecule has 0 radical (unpaired) electrons. The van der Waals surface area contributed by atoms with Crippen molar-refractivity contribution in [3.63, 3.8) is 0 Å². The van der Waals surface area contributed by atoms with Gasteiger partial charge in [-0.05, 0) is 11.1 Å². The average molecular weight is 296 g/mol. The summed E-state index contributed by atoms with van der Waals surface area (Å²) < 4.78 is 0. The maximum atomic E-state index is 11.6. The summed E-state index contributed by atoms with van der Waals surface area (Å²) in [6, 6.07) is 18.6. The SMILES string of the molecule is O=C(O)[C@H]1[C@H](C(=O)O)[C@H](c2ccccc2)[C@@H]1c1ccccc1. The normalized spacial score (nSPS) is 26.9. The number of carboxylic acid groups (broad SMARTS) is 2. The highest BCUT2D eigenvalue weighted by molar-refractivity contribution is 5.85. The van der Waals surface area contributed by atoms with E-state index in [9.17, 15) is 19.8 Å². The van der Waals surface area contributed by atoms with E-state index in [1.54, 1.807) is 0 Å². The zero-order chi connectivity index (χ0) is 15.7. The molecule has 0 spiro atoms. The molecule has 0 aliphatic heterocycles. The van der Waals surface area contributed by atoms with Gasteiger partial charge in [0.15, 0.2) is 0 Å². The highest BCUT2D eigenvalue weighted by atomic mass is 16.4. The van der Waals surface area contributed by atoms with Crippen LogP contribution in [0.1, 0.15) is 23.0 Å². The summed E-state index contributed by atoms with van der Waals surface area (Å²) in [5.41, 5.74) is 1.75. The third-order valence-corrected chi connectivity index (χ3v) is 4.49. The van der Waals surface area contributed by atoms with E-state index < -0.39 is 23.8 Å². The zero-order valence-electron chi connectivity index (χ0n) is 11.8. The van der Waals surface area contributed by atoms with Crippen LogP contribution in [-0.4, -0.2) is 22.2 Å². The molecule has 1 saturated carbocycles. The van der Waals surface area contributed by atoms with Gasteiger partial charge in [-0.1, -0.05) is 60.7 Å². The summed E-state index contributed by atoms with van der Waals surface area (Å²) in [6.07, 6.45) is 0. The lowest BCUT2D eigenvalue weighted by molar-refractivity contribution is -0.164. The topological polar surface area (TPSA) is 74.6 Å². The van der Waals surface area contributed by atoms with Gasteiger partial charge in [0.05, 0.1) is 11.8 Å². The van der Waals surface area contributed by atoms with Gasteiger partial charge in [0.1, 0.15) is 0 Å². The molecular weight excluding hydrogens is 280 g/mol. The number of hydrogen-bond donors (Lipinski definition) is 2. The molecule has 4 heteroatoms. The average Bonchev–Trinajstić information content (AvgIpc) is 2.47. The van der Waals surface area contributed by atoms with Gasteiger partial charge in [0, 0.05) is 11.8 Å². The number of rotatable bonds is 4. The molecule has 2 N–H and O–H groups in total. The van der Waals surface area contributed by atoms with E-state index in [1.807, 2.05) is 60.7 Å². The Morgan fingerprint density at radius 1 is 0.636 bits per heavy atom. The first-order valence-electron chi connectivity index (χ1n) is 7.16. The molecule has 4 atom stereocenters. The fraction of sp³-hybridized carbons (Fsp3) is 0.222. The molecule has 0 amide bonds. The molecule has 4 nitrogen and oxygen atoms in total. The Morgan fingerprint density at radius 2 is 0.955 bits per heavy atom. The first-order valence-corrected chi connectivity index (χ1v) is 7.16. The van der Waals surface area contributed by atoms with Crippen LogP contribution in [0.4, 0.5) is 0 Å². The molecule has 0 saturated heterocycles. The number of hydrogen-bond acceptors (Lipinski definition) is 2. The van der Waals surface area contributed by atoms with E-state index in [4.69, 9.17) is 0 Å². The highest BCUT2D eigenvalue weighted by Gasteiger charge is 2.58. The summed E-state index contributed by atoms with van der Waals surface area (Å²) in [5.74, 6) is -4.53. The first kappa shape index (κ1) is 14.3. The van der Waals surface area contributed by atoms with Crippen LogP contribution in [0, 0.1) is 11.8 Å². The van der Waals surface area contributed by atoms with Gasteiger partial charge < -0.3 is 10.2 Å². The number of carboxylic acids is 2. The van der Waals surface area contributed by atoms with Crippen LogP contribution in [0.3, 0.4) is 0 Å². The van der Waals surface area contributed by atoms with E-state index in [2.05, 4.69) is 0 Å². The molecule has 0 unspecified atom stereocenters. The molecule has 22 heavy (non-hydrogen) atoms. The summed E-state index contributed by atoms with van der Waals surface area (Å²) in [6.45, 7) is 0. The van der Waals surface area contributed by atoms with Crippen LogP contribution in [0.25, 0.3) is 0 Å². The first-order chi connectivity index (χ1) is 10.6. The summed E-state index contributed by atoms with van der Waals surface area (Å²) >= 11 is 0. The monoisotopic (exact) mass is 296 g/mol. The van der Waals surface area contributed by atoms with Crippen LogP contribution >= 0.6 is 0 Å². The predicted octanol–water partition coefficient (Wildman–Crippen LogP) is 2.97. The number of aliphatic carboxylic acids is 2. The molecule has 0 aromatic heterocycles. The smallest absolute Gasteiger partial charge is 0.308 e.